The maximum atomic E-state index is 12.3. The van der Waals surface area contributed by atoms with Crippen molar-refractivity contribution >= 4 is 22.4 Å². The molecule has 1 saturated heterocycles. The van der Waals surface area contributed by atoms with Crippen LogP contribution < -0.4 is 10.6 Å². The average Bonchev–Trinajstić information content (AvgIpc) is 2.89. The lowest BCUT2D eigenvalue weighted by molar-refractivity contribution is -0.117. The zero-order valence-electron chi connectivity index (χ0n) is 11.4. The zero-order valence-corrected chi connectivity index (χ0v) is 11.4. The Kier molecular flexibility index (Phi) is 3.42. The van der Waals surface area contributed by atoms with Crippen molar-refractivity contribution in [2.24, 2.45) is 0 Å². The van der Waals surface area contributed by atoms with E-state index in [1.807, 2.05) is 37.3 Å². The molecule has 3 N–H and O–H groups in total. The predicted octanol–water partition coefficient (Wildman–Crippen LogP) is 1.81. The summed E-state index contributed by atoms with van der Waals surface area (Å²) in [7, 11) is 0. The molecule has 0 radical (unpaired) electrons. The molecule has 0 bridgehead atoms. The monoisotopic (exact) mass is 270 g/mol. The summed E-state index contributed by atoms with van der Waals surface area (Å²) >= 11 is 0. The summed E-state index contributed by atoms with van der Waals surface area (Å²) < 4.78 is 0. The molecule has 1 fully saturated rings. The first-order chi connectivity index (χ1) is 9.65. The number of benzene rings is 2. The Hall–Kier alpha value is -1.91. The van der Waals surface area contributed by atoms with E-state index >= 15 is 0 Å². The molecule has 20 heavy (non-hydrogen) atoms. The van der Waals surface area contributed by atoms with Crippen molar-refractivity contribution in [1.29, 1.82) is 0 Å². The Labute approximate surface area is 117 Å². The minimum atomic E-state index is -0.431. The molecule has 4 nitrogen and oxygen atoms in total. The number of β-amino-alcohol motifs (C(OH)–C–C–N with tert-alkyl or cyclic N) is 1. The molecule has 1 heterocycles. The van der Waals surface area contributed by atoms with Gasteiger partial charge >= 0.3 is 0 Å². The van der Waals surface area contributed by atoms with Gasteiger partial charge in [0.25, 0.3) is 0 Å². The van der Waals surface area contributed by atoms with Gasteiger partial charge in [-0.3, -0.25) is 4.79 Å². The zero-order chi connectivity index (χ0) is 14.1. The van der Waals surface area contributed by atoms with Gasteiger partial charge in [-0.2, -0.15) is 0 Å². The molecule has 104 valence electrons. The molecule has 1 unspecified atom stereocenters. The second kappa shape index (κ2) is 5.23. The van der Waals surface area contributed by atoms with Crippen LogP contribution in [0, 0.1) is 6.92 Å². The third-order valence-electron chi connectivity index (χ3n) is 3.81. The van der Waals surface area contributed by atoms with Crippen LogP contribution in [0.4, 0.5) is 5.69 Å². The van der Waals surface area contributed by atoms with Gasteiger partial charge in [-0.05, 0) is 24.3 Å². The number of hydrogen-bond acceptors (Lipinski definition) is 3. The first-order valence-corrected chi connectivity index (χ1v) is 6.86. The van der Waals surface area contributed by atoms with Crippen molar-refractivity contribution in [2.45, 2.75) is 25.5 Å². The van der Waals surface area contributed by atoms with E-state index in [4.69, 9.17) is 0 Å². The summed E-state index contributed by atoms with van der Waals surface area (Å²) in [6, 6.07) is 11.7. The largest absolute Gasteiger partial charge is 0.392 e. The second-order valence-electron chi connectivity index (χ2n) is 5.32. The number of amides is 1. The molecule has 1 aliphatic rings. The number of aliphatic hydroxyl groups excluding tert-OH is 1. The van der Waals surface area contributed by atoms with Crippen LogP contribution in [0.25, 0.3) is 10.8 Å². The quantitative estimate of drug-likeness (QED) is 0.780. The summed E-state index contributed by atoms with van der Waals surface area (Å²) in [5.74, 6) is -0.0824. The highest BCUT2D eigenvalue weighted by atomic mass is 16.3. The Morgan fingerprint density at radius 3 is 2.85 bits per heavy atom. The number of nitrogens with one attached hydrogen (secondary N) is 2. The Balaban J connectivity index is 1.90. The predicted molar refractivity (Wildman–Crippen MR) is 79.7 cm³/mol. The van der Waals surface area contributed by atoms with Crippen LogP contribution in [0.2, 0.25) is 0 Å². The summed E-state index contributed by atoms with van der Waals surface area (Å²) in [5, 5.41) is 17.7. The average molecular weight is 270 g/mol. The van der Waals surface area contributed by atoms with Crippen molar-refractivity contribution in [1.82, 2.24) is 5.32 Å². The van der Waals surface area contributed by atoms with Crippen molar-refractivity contribution < 1.29 is 9.90 Å². The number of fused-ring (bicyclic) bond motifs is 1. The molecular weight excluding hydrogens is 252 g/mol. The maximum Gasteiger partial charge on any atom is 0.241 e. The lowest BCUT2D eigenvalue weighted by Gasteiger charge is -2.15. The van der Waals surface area contributed by atoms with E-state index in [0.717, 1.165) is 22.0 Å². The van der Waals surface area contributed by atoms with Crippen LogP contribution in [-0.2, 0) is 4.79 Å². The van der Waals surface area contributed by atoms with E-state index in [2.05, 4.69) is 16.7 Å². The summed E-state index contributed by atoms with van der Waals surface area (Å²) in [6.07, 6.45) is 0.0368. The third kappa shape index (κ3) is 2.40. The normalized spacial score (nSPS) is 22.1. The fourth-order valence-electron chi connectivity index (χ4n) is 2.67. The minimum absolute atomic E-state index is 0.0824. The molecule has 0 aliphatic carbocycles. The van der Waals surface area contributed by atoms with Gasteiger partial charge in [-0.15, -0.1) is 0 Å². The highest BCUT2D eigenvalue weighted by molar-refractivity contribution is 6.05. The molecule has 4 heteroatoms. The molecule has 1 amide bonds. The SMILES string of the molecule is Cc1ccc2ccccc2c1NC(=O)[C@@H]1CC(O)CN1. The van der Waals surface area contributed by atoms with Gasteiger partial charge in [0.2, 0.25) is 5.91 Å². The Morgan fingerprint density at radius 2 is 2.10 bits per heavy atom. The van der Waals surface area contributed by atoms with Gasteiger partial charge in [0, 0.05) is 11.9 Å². The highest BCUT2D eigenvalue weighted by Crippen LogP contribution is 2.27. The van der Waals surface area contributed by atoms with E-state index in [1.54, 1.807) is 0 Å². The summed E-state index contributed by atoms with van der Waals surface area (Å²) in [4.78, 5) is 12.3. The lowest BCUT2D eigenvalue weighted by atomic mass is 10.0. The number of rotatable bonds is 2. The van der Waals surface area contributed by atoms with E-state index in [1.165, 1.54) is 0 Å². The first-order valence-electron chi connectivity index (χ1n) is 6.86. The Bertz CT molecular complexity index is 654. The molecule has 3 rings (SSSR count). The first kappa shape index (κ1) is 13.1. The lowest BCUT2D eigenvalue weighted by Crippen LogP contribution is -2.35. The summed E-state index contributed by atoms with van der Waals surface area (Å²) in [6.45, 7) is 2.46. The van der Waals surface area contributed by atoms with Crippen molar-refractivity contribution in [3.05, 3.63) is 42.0 Å². The standard InChI is InChI=1S/C16H18N2O2/c1-10-6-7-11-4-2-3-5-13(11)15(10)18-16(20)14-8-12(19)9-17-14/h2-7,12,14,17,19H,8-9H2,1H3,(H,18,20)/t12?,14-/m0/s1. The van der Waals surface area contributed by atoms with E-state index in [9.17, 15) is 9.90 Å². The topological polar surface area (TPSA) is 61.4 Å². The number of aryl methyl sites for hydroxylation is 1. The van der Waals surface area contributed by atoms with Gasteiger partial charge < -0.3 is 15.7 Å². The fourth-order valence-corrected chi connectivity index (χ4v) is 2.67. The van der Waals surface area contributed by atoms with E-state index in [-0.39, 0.29) is 11.9 Å². The van der Waals surface area contributed by atoms with Gasteiger partial charge in [0.05, 0.1) is 17.8 Å². The number of hydrogen-bond donors (Lipinski definition) is 3. The van der Waals surface area contributed by atoms with Crippen LogP contribution in [0.15, 0.2) is 36.4 Å². The smallest absolute Gasteiger partial charge is 0.241 e. The van der Waals surface area contributed by atoms with Gasteiger partial charge in [-0.1, -0.05) is 36.4 Å². The highest BCUT2D eigenvalue weighted by Gasteiger charge is 2.28. The van der Waals surface area contributed by atoms with Crippen LogP contribution in [0.3, 0.4) is 0 Å². The maximum absolute atomic E-state index is 12.3. The molecule has 2 atom stereocenters. The van der Waals surface area contributed by atoms with Crippen LogP contribution >= 0.6 is 0 Å². The number of carbonyl (C=O) groups excluding carboxylic acids is 1. The van der Waals surface area contributed by atoms with Crippen molar-refractivity contribution in [3.63, 3.8) is 0 Å². The second-order valence-corrected chi connectivity index (χ2v) is 5.32. The van der Waals surface area contributed by atoms with Crippen LogP contribution in [0.1, 0.15) is 12.0 Å². The molecule has 0 saturated carbocycles. The van der Waals surface area contributed by atoms with E-state index in [0.29, 0.717) is 13.0 Å². The molecular formula is C16H18N2O2. The van der Waals surface area contributed by atoms with Gasteiger partial charge in [-0.25, -0.2) is 0 Å². The van der Waals surface area contributed by atoms with Crippen molar-refractivity contribution in [3.8, 4) is 0 Å². The third-order valence-corrected chi connectivity index (χ3v) is 3.81. The molecule has 0 aromatic heterocycles. The van der Waals surface area contributed by atoms with Gasteiger partial charge in [0.1, 0.15) is 0 Å². The van der Waals surface area contributed by atoms with Crippen molar-refractivity contribution in [2.75, 3.05) is 11.9 Å². The molecule has 1 aliphatic heterocycles. The summed E-state index contributed by atoms with van der Waals surface area (Å²) in [5.41, 5.74) is 1.90. The number of anilines is 1. The fraction of sp³-hybridized carbons (Fsp3) is 0.312. The molecule has 0 spiro atoms. The number of carbonyl (C=O) groups is 1. The molecule has 2 aromatic carbocycles. The van der Waals surface area contributed by atoms with Gasteiger partial charge in [0.15, 0.2) is 0 Å². The molecule has 2 aromatic rings. The van der Waals surface area contributed by atoms with Crippen LogP contribution in [0.5, 0.6) is 0 Å². The number of aliphatic hydroxyl groups is 1. The minimum Gasteiger partial charge on any atom is -0.392 e. The Morgan fingerprint density at radius 1 is 1.30 bits per heavy atom. The van der Waals surface area contributed by atoms with Crippen LogP contribution in [-0.4, -0.2) is 29.7 Å². The van der Waals surface area contributed by atoms with E-state index < -0.39 is 6.10 Å².